The van der Waals surface area contributed by atoms with Crippen molar-refractivity contribution in [1.82, 2.24) is 4.98 Å². The van der Waals surface area contributed by atoms with Gasteiger partial charge >= 0.3 is 6.09 Å². The molecule has 1 atom stereocenters. The fourth-order valence-electron chi connectivity index (χ4n) is 3.09. The zero-order valence-corrected chi connectivity index (χ0v) is 19.4. The van der Waals surface area contributed by atoms with Crippen molar-refractivity contribution in [2.75, 3.05) is 0 Å². The van der Waals surface area contributed by atoms with Crippen molar-refractivity contribution in [3.05, 3.63) is 75.0 Å². The molecule has 0 spiro atoms. The maximum absolute atomic E-state index is 14.7. The number of primary amides is 1. The molecule has 0 aliphatic rings. The number of ether oxygens (including phenoxy) is 2. The zero-order valence-electron chi connectivity index (χ0n) is 16.4. The molecule has 0 radical (unpaired) electrons. The van der Waals surface area contributed by atoms with Gasteiger partial charge in [-0.1, -0.05) is 34.8 Å². The first kappa shape index (κ1) is 22.6. The Morgan fingerprint density at radius 3 is 2.47 bits per heavy atom. The molecule has 0 aliphatic carbocycles. The van der Waals surface area contributed by atoms with Gasteiger partial charge in [-0.05, 0) is 43.3 Å². The quantitative estimate of drug-likeness (QED) is 0.279. The van der Waals surface area contributed by atoms with E-state index in [0.29, 0.717) is 31.9 Å². The number of thiazole rings is 1. The summed E-state index contributed by atoms with van der Waals surface area (Å²) in [4.78, 5) is 15.3. The zero-order chi connectivity index (χ0) is 23.0. The Morgan fingerprint density at radius 1 is 1.09 bits per heavy atom. The summed E-state index contributed by atoms with van der Waals surface area (Å²) in [6, 6.07) is 12.7. The first-order chi connectivity index (χ1) is 15.2. The maximum Gasteiger partial charge on any atom is 0.409 e. The van der Waals surface area contributed by atoms with Crippen LogP contribution >= 0.6 is 46.1 Å². The molecule has 0 saturated carbocycles. The number of nitrogens with two attached hydrogens (primary N) is 1. The number of carbonyl (C=O) groups excluding carboxylic acids is 1. The van der Waals surface area contributed by atoms with E-state index in [1.54, 1.807) is 49.4 Å². The number of amides is 1. The molecule has 4 aromatic rings. The molecule has 0 bridgehead atoms. The molecule has 10 heteroatoms. The van der Waals surface area contributed by atoms with Crippen molar-refractivity contribution in [2.45, 2.75) is 13.0 Å². The topological polar surface area (TPSA) is 74.4 Å². The second-order valence-electron chi connectivity index (χ2n) is 6.73. The van der Waals surface area contributed by atoms with Gasteiger partial charge in [-0.25, -0.2) is 14.2 Å². The molecule has 2 N–H and O–H groups in total. The lowest BCUT2D eigenvalue weighted by Gasteiger charge is -2.18. The third-order valence-electron chi connectivity index (χ3n) is 4.55. The number of aromatic nitrogens is 1. The highest BCUT2D eigenvalue weighted by molar-refractivity contribution is 7.21. The van der Waals surface area contributed by atoms with Crippen molar-refractivity contribution < 1.29 is 18.7 Å². The van der Waals surface area contributed by atoms with E-state index in [0.717, 1.165) is 10.3 Å². The van der Waals surface area contributed by atoms with Crippen LogP contribution in [0.5, 0.6) is 11.5 Å². The van der Waals surface area contributed by atoms with Gasteiger partial charge in [0.1, 0.15) is 16.9 Å². The Hall–Kier alpha value is -2.58. The molecule has 0 aliphatic heterocycles. The fourth-order valence-corrected chi connectivity index (χ4v) is 4.91. The molecule has 32 heavy (non-hydrogen) atoms. The van der Waals surface area contributed by atoms with E-state index >= 15 is 0 Å². The number of halogens is 4. The highest BCUT2D eigenvalue weighted by Gasteiger charge is 2.20. The minimum absolute atomic E-state index is 0.0394. The van der Waals surface area contributed by atoms with E-state index in [9.17, 15) is 9.18 Å². The molecule has 1 unspecified atom stereocenters. The molecule has 5 nitrogen and oxygen atoms in total. The Kier molecular flexibility index (Phi) is 6.44. The molecular weight excluding hydrogens is 498 g/mol. The van der Waals surface area contributed by atoms with Gasteiger partial charge in [0.25, 0.3) is 0 Å². The number of carbonyl (C=O) groups is 1. The minimum Gasteiger partial charge on any atom is -0.483 e. The molecule has 0 fully saturated rings. The summed E-state index contributed by atoms with van der Waals surface area (Å²) in [5.41, 5.74) is 6.74. The summed E-state index contributed by atoms with van der Waals surface area (Å²) in [7, 11) is 0. The number of nitrogens with zero attached hydrogens (tertiary/aromatic N) is 1. The summed E-state index contributed by atoms with van der Waals surface area (Å²) in [6.07, 6.45) is -1.54. The number of benzene rings is 3. The smallest absolute Gasteiger partial charge is 0.409 e. The van der Waals surface area contributed by atoms with Crippen LogP contribution in [0.2, 0.25) is 15.1 Å². The standard InChI is InChI=1S/C22H14Cl3FN2O3S/c1-10(19-13(23)6-7-14(24)20(19)25)30-17-9-18-16(8-15(17)26)28-21(32-18)11-2-4-12(5-3-11)31-22(27)29/h2-10H,1H3,(H2,27,29). The van der Waals surface area contributed by atoms with Crippen molar-refractivity contribution in [3.63, 3.8) is 0 Å². The van der Waals surface area contributed by atoms with E-state index in [1.165, 1.54) is 17.4 Å². The molecule has 4 rings (SSSR count). The SMILES string of the molecule is CC(Oc1cc2sc(-c3ccc(OC(N)=O)cc3)nc2cc1F)c1c(Cl)ccc(Cl)c1Cl. The van der Waals surface area contributed by atoms with Crippen molar-refractivity contribution in [3.8, 4) is 22.1 Å². The van der Waals surface area contributed by atoms with Crippen molar-refractivity contribution in [2.24, 2.45) is 5.73 Å². The predicted molar refractivity (Wildman–Crippen MR) is 126 cm³/mol. The molecule has 1 heterocycles. The lowest BCUT2D eigenvalue weighted by Crippen LogP contribution is -2.16. The summed E-state index contributed by atoms with van der Waals surface area (Å²) in [6.45, 7) is 1.71. The van der Waals surface area contributed by atoms with Crippen LogP contribution in [0.1, 0.15) is 18.6 Å². The monoisotopic (exact) mass is 510 g/mol. The van der Waals surface area contributed by atoms with Crippen LogP contribution in [-0.4, -0.2) is 11.1 Å². The Labute approximate surface area is 201 Å². The van der Waals surface area contributed by atoms with Crippen LogP contribution in [-0.2, 0) is 0 Å². The number of rotatable bonds is 5. The van der Waals surface area contributed by atoms with E-state index < -0.39 is 18.0 Å². The van der Waals surface area contributed by atoms with Gasteiger partial charge in [0.2, 0.25) is 0 Å². The highest BCUT2D eigenvalue weighted by atomic mass is 35.5. The minimum atomic E-state index is -0.893. The molecule has 0 saturated heterocycles. The third-order valence-corrected chi connectivity index (χ3v) is 6.77. The first-order valence-electron chi connectivity index (χ1n) is 9.21. The summed E-state index contributed by atoms with van der Waals surface area (Å²) < 4.78 is 26.1. The van der Waals surface area contributed by atoms with Gasteiger partial charge in [-0.2, -0.15) is 0 Å². The van der Waals surface area contributed by atoms with Crippen LogP contribution in [0.15, 0.2) is 48.5 Å². The van der Waals surface area contributed by atoms with Crippen molar-refractivity contribution in [1.29, 1.82) is 0 Å². The number of hydrogen-bond acceptors (Lipinski definition) is 5. The third kappa shape index (κ3) is 4.61. The van der Waals surface area contributed by atoms with Gasteiger partial charge in [0, 0.05) is 28.3 Å². The average molecular weight is 512 g/mol. The second-order valence-corrected chi connectivity index (χ2v) is 8.95. The number of fused-ring (bicyclic) bond motifs is 1. The number of hydrogen-bond donors (Lipinski definition) is 1. The van der Waals surface area contributed by atoms with Crippen LogP contribution < -0.4 is 15.2 Å². The van der Waals surface area contributed by atoms with Gasteiger partial charge in [-0.15, -0.1) is 11.3 Å². The molecule has 3 aromatic carbocycles. The fraction of sp³-hybridized carbons (Fsp3) is 0.0909. The Bertz CT molecular complexity index is 1330. The predicted octanol–water partition coefficient (Wildman–Crippen LogP) is 7.66. The maximum atomic E-state index is 14.7. The lowest BCUT2D eigenvalue weighted by atomic mass is 10.1. The second kappa shape index (κ2) is 9.11. The normalized spacial score (nSPS) is 12.0. The van der Waals surface area contributed by atoms with Crippen LogP contribution in [0.3, 0.4) is 0 Å². The van der Waals surface area contributed by atoms with Gasteiger partial charge in [-0.3, -0.25) is 0 Å². The van der Waals surface area contributed by atoms with Crippen LogP contribution in [0, 0.1) is 5.82 Å². The Balaban J connectivity index is 1.63. The largest absolute Gasteiger partial charge is 0.483 e. The lowest BCUT2D eigenvalue weighted by molar-refractivity contribution is 0.211. The molecule has 164 valence electrons. The summed E-state index contributed by atoms with van der Waals surface area (Å²) >= 11 is 20.0. The average Bonchev–Trinajstić information content (AvgIpc) is 3.14. The van der Waals surface area contributed by atoms with Crippen LogP contribution in [0.4, 0.5) is 9.18 Å². The molecule has 1 aromatic heterocycles. The highest BCUT2D eigenvalue weighted by Crippen LogP contribution is 2.39. The van der Waals surface area contributed by atoms with Gasteiger partial charge < -0.3 is 15.2 Å². The van der Waals surface area contributed by atoms with E-state index in [2.05, 4.69) is 4.98 Å². The van der Waals surface area contributed by atoms with E-state index in [1.807, 2.05) is 0 Å². The summed E-state index contributed by atoms with van der Waals surface area (Å²) in [5, 5.41) is 1.63. The van der Waals surface area contributed by atoms with Crippen molar-refractivity contribution >= 4 is 62.4 Å². The molecule has 1 amide bonds. The van der Waals surface area contributed by atoms with E-state index in [4.69, 9.17) is 50.0 Å². The van der Waals surface area contributed by atoms with Gasteiger partial charge in [0.05, 0.1) is 20.3 Å². The summed E-state index contributed by atoms with van der Waals surface area (Å²) in [5.74, 6) is -0.213. The molecular formula is C22H14Cl3FN2O3S. The van der Waals surface area contributed by atoms with Gasteiger partial charge in [0.15, 0.2) is 11.6 Å². The Morgan fingerprint density at radius 2 is 1.78 bits per heavy atom. The van der Waals surface area contributed by atoms with E-state index in [-0.39, 0.29) is 10.8 Å². The first-order valence-corrected chi connectivity index (χ1v) is 11.2. The van der Waals surface area contributed by atoms with Crippen LogP contribution in [0.25, 0.3) is 20.8 Å².